The molecule has 1 aliphatic rings. The first kappa shape index (κ1) is 11.4. The summed E-state index contributed by atoms with van der Waals surface area (Å²) in [7, 11) is 1.93. The summed E-state index contributed by atoms with van der Waals surface area (Å²) >= 11 is 0. The smallest absolute Gasteiger partial charge is 0.0538 e. The molecule has 2 unspecified atom stereocenters. The number of hydrogen-bond acceptors (Lipinski definition) is 3. The van der Waals surface area contributed by atoms with Crippen LogP contribution >= 0.6 is 0 Å². The van der Waals surface area contributed by atoms with E-state index in [1.54, 1.807) is 0 Å². The number of hydrogen-bond donors (Lipinski definition) is 2. The summed E-state index contributed by atoms with van der Waals surface area (Å²) in [6.07, 6.45) is 6.10. The third kappa shape index (κ3) is 1.94. The van der Waals surface area contributed by atoms with Crippen LogP contribution in [0.5, 0.6) is 0 Å². The number of nitrogens with zero attached hydrogens (tertiary/aromatic N) is 2. The summed E-state index contributed by atoms with van der Waals surface area (Å²) in [5.41, 5.74) is 7.02. The van der Waals surface area contributed by atoms with Crippen LogP contribution in [0.2, 0.25) is 0 Å². The Balaban J connectivity index is 1.73. The first-order chi connectivity index (χ1) is 8.78. The molecular formula is C14H18N4. The zero-order valence-corrected chi connectivity index (χ0v) is 10.5. The molecule has 1 heterocycles. The SMILES string of the molecule is Cn1cc(C(CC2Cc3ccccc32)NN)cn1. The van der Waals surface area contributed by atoms with Gasteiger partial charge in [0, 0.05) is 24.8 Å². The van der Waals surface area contributed by atoms with Crippen molar-refractivity contribution >= 4 is 0 Å². The van der Waals surface area contributed by atoms with E-state index in [1.807, 2.05) is 24.1 Å². The minimum Gasteiger partial charge on any atom is -0.275 e. The van der Waals surface area contributed by atoms with Crippen LogP contribution in [0.15, 0.2) is 36.7 Å². The van der Waals surface area contributed by atoms with Gasteiger partial charge in [-0.05, 0) is 29.9 Å². The van der Waals surface area contributed by atoms with Crippen molar-refractivity contribution in [1.82, 2.24) is 15.2 Å². The van der Waals surface area contributed by atoms with Gasteiger partial charge < -0.3 is 0 Å². The summed E-state index contributed by atoms with van der Waals surface area (Å²) in [5.74, 6) is 6.29. The van der Waals surface area contributed by atoms with Crippen molar-refractivity contribution in [1.29, 1.82) is 0 Å². The van der Waals surface area contributed by atoms with E-state index in [0.717, 1.165) is 18.4 Å². The number of hydrazine groups is 1. The van der Waals surface area contributed by atoms with E-state index in [0.29, 0.717) is 5.92 Å². The predicted octanol–water partition coefficient (Wildman–Crippen LogP) is 1.65. The van der Waals surface area contributed by atoms with Gasteiger partial charge in [-0.15, -0.1) is 0 Å². The molecule has 1 aromatic carbocycles. The Morgan fingerprint density at radius 2 is 2.33 bits per heavy atom. The van der Waals surface area contributed by atoms with Crippen molar-refractivity contribution in [2.45, 2.75) is 24.8 Å². The van der Waals surface area contributed by atoms with Gasteiger partial charge in [-0.1, -0.05) is 24.3 Å². The Morgan fingerprint density at radius 1 is 1.50 bits per heavy atom. The van der Waals surface area contributed by atoms with Crippen LogP contribution in [0.25, 0.3) is 0 Å². The Bertz CT molecular complexity index is 546. The van der Waals surface area contributed by atoms with Crippen LogP contribution in [0, 0.1) is 0 Å². The topological polar surface area (TPSA) is 55.9 Å². The summed E-state index contributed by atoms with van der Waals surface area (Å²) in [6.45, 7) is 0. The molecule has 18 heavy (non-hydrogen) atoms. The lowest BCUT2D eigenvalue weighted by Crippen LogP contribution is -2.31. The number of nitrogens with two attached hydrogens (primary N) is 1. The van der Waals surface area contributed by atoms with Gasteiger partial charge in [-0.3, -0.25) is 16.0 Å². The molecule has 2 atom stereocenters. The monoisotopic (exact) mass is 242 g/mol. The molecule has 4 nitrogen and oxygen atoms in total. The van der Waals surface area contributed by atoms with Crippen molar-refractivity contribution in [3.63, 3.8) is 0 Å². The van der Waals surface area contributed by atoms with Gasteiger partial charge in [0.1, 0.15) is 0 Å². The predicted molar refractivity (Wildman–Crippen MR) is 70.8 cm³/mol. The summed E-state index contributed by atoms with van der Waals surface area (Å²) in [4.78, 5) is 0. The highest BCUT2D eigenvalue weighted by Gasteiger charge is 2.28. The van der Waals surface area contributed by atoms with Crippen LogP contribution in [0.4, 0.5) is 0 Å². The van der Waals surface area contributed by atoms with Crippen LogP contribution < -0.4 is 11.3 Å². The van der Waals surface area contributed by atoms with Crippen molar-refractivity contribution in [2.24, 2.45) is 12.9 Å². The number of rotatable bonds is 4. The largest absolute Gasteiger partial charge is 0.275 e. The van der Waals surface area contributed by atoms with E-state index >= 15 is 0 Å². The van der Waals surface area contributed by atoms with E-state index in [1.165, 1.54) is 11.1 Å². The van der Waals surface area contributed by atoms with E-state index in [9.17, 15) is 0 Å². The van der Waals surface area contributed by atoms with E-state index in [-0.39, 0.29) is 6.04 Å². The van der Waals surface area contributed by atoms with Crippen molar-refractivity contribution in [3.05, 3.63) is 53.3 Å². The highest BCUT2D eigenvalue weighted by atomic mass is 15.3. The summed E-state index contributed by atoms with van der Waals surface area (Å²) in [5, 5.41) is 4.20. The standard InChI is InChI=1S/C14H18N4/c1-18-9-12(8-16-18)14(17-15)7-11-6-10-4-2-3-5-13(10)11/h2-5,8-9,11,14,17H,6-7,15H2,1H3. The molecule has 3 rings (SSSR count). The minimum absolute atomic E-state index is 0.178. The van der Waals surface area contributed by atoms with Crippen LogP contribution in [-0.4, -0.2) is 9.78 Å². The highest BCUT2D eigenvalue weighted by molar-refractivity contribution is 5.40. The minimum atomic E-state index is 0.178. The molecule has 0 radical (unpaired) electrons. The van der Waals surface area contributed by atoms with E-state index < -0.39 is 0 Å². The van der Waals surface area contributed by atoms with Gasteiger partial charge in [0.15, 0.2) is 0 Å². The summed E-state index contributed by atoms with van der Waals surface area (Å²) < 4.78 is 1.81. The van der Waals surface area contributed by atoms with Gasteiger partial charge in [0.25, 0.3) is 0 Å². The Kier molecular flexibility index (Phi) is 2.89. The van der Waals surface area contributed by atoms with Crippen molar-refractivity contribution in [3.8, 4) is 0 Å². The maximum Gasteiger partial charge on any atom is 0.0538 e. The zero-order chi connectivity index (χ0) is 12.5. The Morgan fingerprint density at radius 3 is 3.00 bits per heavy atom. The number of nitrogens with one attached hydrogen (secondary N) is 1. The van der Waals surface area contributed by atoms with Gasteiger partial charge in [0.2, 0.25) is 0 Å². The molecule has 0 bridgehead atoms. The highest BCUT2D eigenvalue weighted by Crippen LogP contribution is 2.40. The molecule has 0 amide bonds. The molecule has 2 aromatic rings. The molecule has 4 heteroatoms. The van der Waals surface area contributed by atoms with Crippen molar-refractivity contribution < 1.29 is 0 Å². The fourth-order valence-electron chi connectivity index (χ4n) is 2.78. The molecular weight excluding hydrogens is 224 g/mol. The third-order valence-corrected chi connectivity index (χ3v) is 3.81. The maximum absolute atomic E-state index is 5.67. The van der Waals surface area contributed by atoms with Gasteiger partial charge in [-0.25, -0.2) is 0 Å². The molecule has 94 valence electrons. The molecule has 0 fully saturated rings. The number of benzene rings is 1. The van der Waals surface area contributed by atoms with E-state index in [4.69, 9.17) is 5.84 Å². The third-order valence-electron chi connectivity index (χ3n) is 3.81. The molecule has 0 saturated carbocycles. The maximum atomic E-state index is 5.67. The molecule has 1 aliphatic carbocycles. The summed E-state index contributed by atoms with van der Waals surface area (Å²) in [6, 6.07) is 8.83. The second-order valence-electron chi connectivity index (χ2n) is 5.00. The fourth-order valence-corrected chi connectivity index (χ4v) is 2.78. The average molecular weight is 242 g/mol. The first-order valence-electron chi connectivity index (χ1n) is 6.30. The zero-order valence-electron chi connectivity index (χ0n) is 10.5. The molecule has 0 spiro atoms. The number of aryl methyl sites for hydroxylation is 1. The Labute approximate surface area is 107 Å². The molecule has 0 saturated heterocycles. The average Bonchev–Trinajstić information content (AvgIpc) is 2.77. The fraction of sp³-hybridized carbons (Fsp3) is 0.357. The van der Waals surface area contributed by atoms with Crippen LogP contribution in [0.1, 0.15) is 35.1 Å². The lowest BCUT2D eigenvalue weighted by molar-refractivity contribution is 0.435. The van der Waals surface area contributed by atoms with Crippen LogP contribution in [0.3, 0.4) is 0 Å². The molecule has 1 aromatic heterocycles. The lowest BCUT2D eigenvalue weighted by Gasteiger charge is -2.32. The number of fused-ring (bicyclic) bond motifs is 1. The number of aromatic nitrogens is 2. The van der Waals surface area contributed by atoms with Gasteiger partial charge >= 0.3 is 0 Å². The second-order valence-corrected chi connectivity index (χ2v) is 5.00. The second kappa shape index (κ2) is 4.55. The van der Waals surface area contributed by atoms with Gasteiger partial charge in [0.05, 0.1) is 6.20 Å². The molecule has 3 N–H and O–H groups in total. The quantitative estimate of drug-likeness (QED) is 0.633. The van der Waals surface area contributed by atoms with Crippen LogP contribution in [-0.2, 0) is 13.5 Å². The normalized spacial score (nSPS) is 19.1. The van der Waals surface area contributed by atoms with Gasteiger partial charge in [-0.2, -0.15) is 5.10 Å². The van der Waals surface area contributed by atoms with E-state index in [2.05, 4.69) is 34.8 Å². The van der Waals surface area contributed by atoms with Crippen molar-refractivity contribution in [2.75, 3.05) is 0 Å². The Hall–Kier alpha value is -1.65. The molecule has 0 aliphatic heterocycles. The first-order valence-corrected chi connectivity index (χ1v) is 6.30. The lowest BCUT2D eigenvalue weighted by atomic mass is 9.74.